The molecule has 0 amide bonds. The van der Waals surface area contributed by atoms with Gasteiger partial charge >= 0.3 is 11.9 Å². The van der Waals surface area contributed by atoms with Gasteiger partial charge in [0, 0.05) is 5.69 Å². The monoisotopic (exact) mass is 405 g/mol. The summed E-state index contributed by atoms with van der Waals surface area (Å²) in [7, 11) is 0. The summed E-state index contributed by atoms with van der Waals surface area (Å²) in [6, 6.07) is 9.67. The Hall–Kier alpha value is -2.12. The largest absolute Gasteiger partial charge is 0.465 e. The molecule has 5 nitrogen and oxygen atoms in total. The molecule has 0 radical (unpaired) electrons. The van der Waals surface area contributed by atoms with Gasteiger partial charge in [-0.05, 0) is 32.4 Å². The first-order valence-corrected chi connectivity index (χ1v) is 10.1. The predicted octanol–water partition coefficient (Wildman–Crippen LogP) is 3.89. The number of nitrogens with zero attached hydrogens (tertiary/aromatic N) is 1. The van der Waals surface area contributed by atoms with Gasteiger partial charge in [0.1, 0.15) is 4.32 Å². The second-order valence-electron chi connectivity index (χ2n) is 5.59. The maximum Gasteiger partial charge on any atom is 0.331 e. The van der Waals surface area contributed by atoms with Crippen molar-refractivity contribution < 1.29 is 19.1 Å². The SMILES string of the molecule is CCOC(=O)C(SC(=S)N(c1ccccc1)C1C=CC=CC1)C(=O)OCC. The highest BCUT2D eigenvalue weighted by Crippen LogP contribution is 2.28. The standard InChI is InChI=1S/C20H23NO4S2/c1-3-24-18(22)17(19(23)25-4-2)27-20(26)21(15-11-7-5-8-12-15)16-13-9-6-10-14-16/h5-13,16-17H,3-4,14H2,1-2H3. The van der Waals surface area contributed by atoms with Crippen LogP contribution in [0.5, 0.6) is 0 Å². The number of ether oxygens (including phenoxy) is 2. The van der Waals surface area contributed by atoms with Gasteiger partial charge in [0.2, 0.25) is 5.25 Å². The highest BCUT2D eigenvalue weighted by molar-refractivity contribution is 8.24. The van der Waals surface area contributed by atoms with Crippen LogP contribution in [0.3, 0.4) is 0 Å². The average Bonchev–Trinajstić information content (AvgIpc) is 2.68. The fourth-order valence-electron chi connectivity index (χ4n) is 2.57. The third-order valence-corrected chi connectivity index (χ3v) is 5.25. The van der Waals surface area contributed by atoms with Crippen molar-refractivity contribution in [2.24, 2.45) is 0 Å². The van der Waals surface area contributed by atoms with Crippen LogP contribution in [0.1, 0.15) is 20.3 Å². The lowest BCUT2D eigenvalue weighted by Gasteiger charge is -2.32. The van der Waals surface area contributed by atoms with Crippen LogP contribution in [-0.2, 0) is 19.1 Å². The second-order valence-corrected chi connectivity index (χ2v) is 7.33. The van der Waals surface area contributed by atoms with Gasteiger partial charge in [0.05, 0.1) is 19.3 Å². The van der Waals surface area contributed by atoms with Crippen LogP contribution in [0.15, 0.2) is 54.6 Å². The number of carbonyl (C=O) groups is 2. The molecule has 0 fully saturated rings. The minimum atomic E-state index is -1.15. The van der Waals surface area contributed by atoms with E-state index in [0.29, 0.717) is 4.32 Å². The topological polar surface area (TPSA) is 55.8 Å². The molecule has 144 valence electrons. The van der Waals surface area contributed by atoms with E-state index >= 15 is 0 Å². The molecule has 0 saturated carbocycles. The number of anilines is 1. The van der Waals surface area contributed by atoms with Crippen LogP contribution < -0.4 is 4.90 Å². The Morgan fingerprint density at radius 3 is 2.30 bits per heavy atom. The number of benzene rings is 1. The Labute approximate surface area is 169 Å². The summed E-state index contributed by atoms with van der Waals surface area (Å²) in [5.41, 5.74) is 0.895. The molecule has 0 N–H and O–H groups in total. The molecule has 1 aliphatic carbocycles. The van der Waals surface area contributed by atoms with E-state index in [2.05, 4.69) is 6.08 Å². The van der Waals surface area contributed by atoms with Gasteiger partial charge < -0.3 is 14.4 Å². The van der Waals surface area contributed by atoms with Crippen molar-refractivity contribution in [3.8, 4) is 0 Å². The molecule has 0 saturated heterocycles. The van der Waals surface area contributed by atoms with Crippen molar-refractivity contribution in [1.29, 1.82) is 0 Å². The lowest BCUT2D eigenvalue weighted by Crippen LogP contribution is -2.40. The van der Waals surface area contributed by atoms with Gasteiger partial charge in [-0.2, -0.15) is 0 Å². The molecule has 0 aliphatic heterocycles. The number of thioether (sulfide) groups is 1. The number of allylic oxidation sites excluding steroid dienone is 2. The van der Waals surface area contributed by atoms with E-state index in [1.54, 1.807) is 13.8 Å². The van der Waals surface area contributed by atoms with Crippen molar-refractivity contribution in [2.75, 3.05) is 18.1 Å². The number of hydrogen-bond acceptors (Lipinski definition) is 6. The van der Waals surface area contributed by atoms with Gasteiger partial charge in [0.15, 0.2) is 0 Å². The van der Waals surface area contributed by atoms with Gasteiger partial charge in [-0.15, -0.1) is 0 Å². The molecule has 7 heteroatoms. The van der Waals surface area contributed by atoms with Crippen molar-refractivity contribution >= 4 is 45.9 Å². The molecule has 0 bridgehead atoms. The third-order valence-electron chi connectivity index (χ3n) is 3.74. The molecule has 0 heterocycles. The molecule has 1 unspecified atom stereocenters. The minimum Gasteiger partial charge on any atom is -0.465 e. The van der Waals surface area contributed by atoms with E-state index in [1.165, 1.54) is 0 Å². The zero-order chi connectivity index (χ0) is 19.6. The van der Waals surface area contributed by atoms with Gasteiger partial charge in [0.25, 0.3) is 0 Å². The van der Waals surface area contributed by atoms with E-state index in [0.717, 1.165) is 23.9 Å². The van der Waals surface area contributed by atoms with Crippen LogP contribution in [-0.4, -0.2) is 40.8 Å². The van der Waals surface area contributed by atoms with E-state index in [9.17, 15) is 9.59 Å². The van der Waals surface area contributed by atoms with Crippen LogP contribution in [0.2, 0.25) is 0 Å². The first kappa shape index (κ1) is 21.2. The maximum atomic E-state index is 12.3. The Balaban J connectivity index is 2.26. The fourth-order valence-corrected chi connectivity index (χ4v) is 3.98. The number of hydrogen-bond donors (Lipinski definition) is 0. The zero-order valence-electron chi connectivity index (χ0n) is 15.4. The van der Waals surface area contributed by atoms with E-state index < -0.39 is 17.2 Å². The molecule has 0 aromatic heterocycles. The molecule has 0 spiro atoms. The van der Waals surface area contributed by atoms with E-state index in [1.807, 2.05) is 53.5 Å². The summed E-state index contributed by atoms with van der Waals surface area (Å²) in [6.45, 7) is 3.75. The maximum absolute atomic E-state index is 12.3. The van der Waals surface area contributed by atoms with Crippen LogP contribution in [0, 0.1) is 0 Å². The Morgan fingerprint density at radius 1 is 1.15 bits per heavy atom. The first-order chi connectivity index (χ1) is 13.1. The molecule has 1 atom stereocenters. The molecule has 1 aliphatic rings. The van der Waals surface area contributed by atoms with E-state index in [4.69, 9.17) is 21.7 Å². The quantitative estimate of drug-likeness (QED) is 0.387. The summed E-state index contributed by atoms with van der Waals surface area (Å²) in [4.78, 5) is 26.5. The van der Waals surface area contributed by atoms with Crippen molar-refractivity contribution in [2.45, 2.75) is 31.6 Å². The lowest BCUT2D eigenvalue weighted by atomic mass is 10.1. The zero-order valence-corrected chi connectivity index (χ0v) is 17.0. The van der Waals surface area contributed by atoms with Gasteiger partial charge in [-0.1, -0.05) is 66.5 Å². The summed E-state index contributed by atoms with van der Waals surface area (Å²) in [6.07, 6.45) is 8.82. The smallest absolute Gasteiger partial charge is 0.331 e. The lowest BCUT2D eigenvalue weighted by molar-refractivity contribution is -0.152. The van der Waals surface area contributed by atoms with E-state index in [-0.39, 0.29) is 19.3 Å². The normalized spacial score (nSPS) is 15.4. The molecular weight excluding hydrogens is 382 g/mol. The average molecular weight is 406 g/mol. The minimum absolute atomic E-state index is 0.00226. The van der Waals surface area contributed by atoms with Crippen molar-refractivity contribution in [3.05, 3.63) is 54.6 Å². The predicted molar refractivity (Wildman–Crippen MR) is 113 cm³/mol. The first-order valence-electron chi connectivity index (χ1n) is 8.80. The highest BCUT2D eigenvalue weighted by Gasteiger charge is 2.34. The summed E-state index contributed by atoms with van der Waals surface area (Å²) in [5, 5.41) is -1.15. The summed E-state index contributed by atoms with van der Waals surface area (Å²) < 4.78 is 10.5. The highest BCUT2D eigenvalue weighted by atomic mass is 32.2. The second kappa shape index (κ2) is 10.9. The molecule has 27 heavy (non-hydrogen) atoms. The number of para-hydroxylation sites is 1. The Kier molecular flexibility index (Phi) is 8.54. The van der Waals surface area contributed by atoms with Crippen LogP contribution in [0.25, 0.3) is 0 Å². The van der Waals surface area contributed by atoms with Gasteiger partial charge in [-0.3, -0.25) is 9.59 Å². The molecular formula is C20H23NO4S2. The number of thiocarbonyl (C=S) groups is 1. The number of carbonyl (C=O) groups excluding carboxylic acids is 2. The van der Waals surface area contributed by atoms with Crippen molar-refractivity contribution in [1.82, 2.24) is 0 Å². The van der Waals surface area contributed by atoms with Crippen LogP contribution >= 0.6 is 24.0 Å². The molecule has 1 aromatic rings. The Bertz CT molecular complexity index is 700. The Morgan fingerprint density at radius 2 is 1.78 bits per heavy atom. The van der Waals surface area contributed by atoms with Crippen LogP contribution in [0.4, 0.5) is 5.69 Å². The summed E-state index contributed by atoms with van der Waals surface area (Å²) in [5.74, 6) is -1.29. The fraction of sp³-hybridized carbons (Fsp3) is 0.350. The third kappa shape index (κ3) is 5.94. The number of esters is 2. The van der Waals surface area contributed by atoms with Crippen molar-refractivity contribution in [3.63, 3.8) is 0 Å². The molecule has 1 aromatic carbocycles. The van der Waals surface area contributed by atoms with Gasteiger partial charge in [-0.25, -0.2) is 0 Å². The molecule has 2 rings (SSSR count). The summed E-state index contributed by atoms with van der Waals surface area (Å²) >= 11 is 6.62. The number of rotatable bonds is 7.